The smallest absolute Gasteiger partial charge is 0.215 e. The normalized spacial score (nSPS) is 10.4. The third-order valence-corrected chi connectivity index (χ3v) is 2.80. The number of imidazole rings is 1. The molecular weight excluding hydrogens is 242 g/mol. The number of aryl methyl sites for hydroxylation is 1. The van der Waals surface area contributed by atoms with Crippen LogP contribution in [0, 0.1) is 0 Å². The Balaban J connectivity index is 1.73. The second-order valence-electron chi connectivity index (χ2n) is 4.23. The van der Waals surface area contributed by atoms with Crippen LogP contribution in [-0.2, 0) is 6.54 Å². The Bertz CT molecular complexity index is 498. The van der Waals surface area contributed by atoms with E-state index in [4.69, 9.17) is 10.5 Å². The number of pyridine rings is 1. The van der Waals surface area contributed by atoms with E-state index in [0.717, 1.165) is 25.9 Å². The van der Waals surface area contributed by atoms with Gasteiger partial charge in [-0.3, -0.25) is 0 Å². The molecule has 2 heterocycles. The Morgan fingerprint density at radius 2 is 2.26 bits per heavy atom. The molecule has 2 aromatic heterocycles. The van der Waals surface area contributed by atoms with Crippen molar-refractivity contribution in [3.63, 3.8) is 0 Å². The molecule has 19 heavy (non-hydrogen) atoms. The standard InChI is InChI=1S/C13H19N5O/c1-19-12-5-4-11(14)13(17-12)16-6-2-3-8-18-9-7-15-10-18/h4-5,7,9-10H,2-3,6,8,14H2,1H3,(H,16,17). The van der Waals surface area contributed by atoms with E-state index in [0.29, 0.717) is 17.4 Å². The summed E-state index contributed by atoms with van der Waals surface area (Å²) in [7, 11) is 1.59. The average molecular weight is 261 g/mol. The van der Waals surface area contributed by atoms with E-state index >= 15 is 0 Å². The Kier molecular flexibility index (Phi) is 4.60. The van der Waals surface area contributed by atoms with E-state index in [1.807, 2.05) is 12.5 Å². The molecule has 0 saturated carbocycles. The van der Waals surface area contributed by atoms with Gasteiger partial charge in [-0.15, -0.1) is 0 Å². The number of nitrogens with two attached hydrogens (primary N) is 1. The summed E-state index contributed by atoms with van der Waals surface area (Å²) in [6.07, 6.45) is 7.70. The lowest BCUT2D eigenvalue weighted by molar-refractivity contribution is 0.398. The zero-order valence-corrected chi connectivity index (χ0v) is 11.0. The fourth-order valence-electron chi connectivity index (χ4n) is 1.75. The first-order chi connectivity index (χ1) is 9.29. The van der Waals surface area contributed by atoms with Crippen LogP contribution in [0.4, 0.5) is 11.5 Å². The van der Waals surface area contributed by atoms with Crippen LogP contribution in [0.3, 0.4) is 0 Å². The van der Waals surface area contributed by atoms with Gasteiger partial charge in [0.15, 0.2) is 5.82 Å². The van der Waals surface area contributed by atoms with E-state index in [1.165, 1.54) is 0 Å². The van der Waals surface area contributed by atoms with Crippen LogP contribution in [0.1, 0.15) is 12.8 Å². The minimum atomic E-state index is 0.565. The minimum Gasteiger partial charge on any atom is -0.481 e. The molecule has 0 aliphatic rings. The summed E-state index contributed by atoms with van der Waals surface area (Å²) >= 11 is 0. The van der Waals surface area contributed by atoms with Gasteiger partial charge in [-0.05, 0) is 18.9 Å². The van der Waals surface area contributed by atoms with E-state index < -0.39 is 0 Å². The molecular formula is C13H19N5O. The summed E-state index contributed by atoms with van der Waals surface area (Å²) in [6, 6.07) is 3.54. The number of anilines is 2. The molecule has 0 aromatic carbocycles. The number of rotatable bonds is 7. The molecule has 0 unspecified atom stereocenters. The molecule has 0 bridgehead atoms. The average Bonchev–Trinajstić information content (AvgIpc) is 2.93. The van der Waals surface area contributed by atoms with Crippen molar-refractivity contribution in [2.75, 3.05) is 24.7 Å². The van der Waals surface area contributed by atoms with Crippen LogP contribution < -0.4 is 15.8 Å². The molecule has 102 valence electrons. The van der Waals surface area contributed by atoms with Gasteiger partial charge in [-0.25, -0.2) is 4.98 Å². The third kappa shape index (κ3) is 3.87. The van der Waals surface area contributed by atoms with E-state index in [-0.39, 0.29) is 0 Å². The lowest BCUT2D eigenvalue weighted by Crippen LogP contribution is -2.07. The predicted octanol–water partition coefficient (Wildman–Crippen LogP) is 1.76. The molecule has 0 amide bonds. The Labute approximate surface area is 112 Å². The first kappa shape index (κ1) is 13.2. The monoisotopic (exact) mass is 261 g/mol. The fraction of sp³-hybridized carbons (Fsp3) is 0.385. The lowest BCUT2D eigenvalue weighted by atomic mass is 10.3. The van der Waals surface area contributed by atoms with Crippen LogP contribution in [0.15, 0.2) is 30.9 Å². The van der Waals surface area contributed by atoms with Crippen molar-refractivity contribution in [1.82, 2.24) is 14.5 Å². The quantitative estimate of drug-likeness (QED) is 0.743. The highest BCUT2D eigenvalue weighted by Gasteiger charge is 2.02. The number of nitrogen functional groups attached to an aromatic ring is 1. The van der Waals surface area contributed by atoms with Crippen molar-refractivity contribution < 1.29 is 4.74 Å². The van der Waals surface area contributed by atoms with Gasteiger partial charge in [0, 0.05) is 31.5 Å². The van der Waals surface area contributed by atoms with Crippen LogP contribution in [0.25, 0.3) is 0 Å². The second kappa shape index (κ2) is 6.63. The van der Waals surface area contributed by atoms with Crippen LogP contribution >= 0.6 is 0 Å². The summed E-state index contributed by atoms with van der Waals surface area (Å²) in [5.74, 6) is 1.25. The van der Waals surface area contributed by atoms with Gasteiger partial charge < -0.3 is 20.4 Å². The highest BCUT2D eigenvalue weighted by Crippen LogP contribution is 2.19. The number of unbranched alkanes of at least 4 members (excludes halogenated alkanes) is 1. The van der Waals surface area contributed by atoms with Gasteiger partial charge >= 0.3 is 0 Å². The predicted molar refractivity (Wildman–Crippen MR) is 75.2 cm³/mol. The van der Waals surface area contributed by atoms with Crippen molar-refractivity contribution in [2.24, 2.45) is 0 Å². The number of nitrogens with one attached hydrogen (secondary N) is 1. The van der Waals surface area contributed by atoms with Gasteiger partial charge in [-0.1, -0.05) is 0 Å². The molecule has 0 aliphatic heterocycles. The lowest BCUT2D eigenvalue weighted by Gasteiger charge is -2.09. The van der Waals surface area contributed by atoms with Crippen LogP contribution in [0.5, 0.6) is 5.88 Å². The molecule has 2 aromatic rings. The first-order valence-corrected chi connectivity index (χ1v) is 6.29. The first-order valence-electron chi connectivity index (χ1n) is 6.29. The second-order valence-corrected chi connectivity index (χ2v) is 4.23. The highest BCUT2D eigenvalue weighted by atomic mass is 16.5. The molecule has 0 spiro atoms. The minimum absolute atomic E-state index is 0.565. The summed E-state index contributed by atoms with van der Waals surface area (Å²) in [5, 5.41) is 3.23. The maximum atomic E-state index is 5.84. The van der Waals surface area contributed by atoms with Gasteiger partial charge in [0.05, 0.1) is 19.1 Å². The summed E-state index contributed by atoms with van der Waals surface area (Å²) < 4.78 is 7.14. The van der Waals surface area contributed by atoms with Crippen molar-refractivity contribution in [1.29, 1.82) is 0 Å². The van der Waals surface area contributed by atoms with Gasteiger partial charge in [-0.2, -0.15) is 4.98 Å². The number of nitrogens with zero attached hydrogens (tertiary/aromatic N) is 3. The Morgan fingerprint density at radius 3 is 3.00 bits per heavy atom. The number of methoxy groups -OCH3 is 1. The third-order valence-electron chi connectivity index (χ3n) is 2.80. The molecule has 0 fully saturated rings. The largest absolute Gasteiger partial charge is 0.481 e. The molecule has 0 atom stereocenters. The van der Waals surface area contributed by atoms with Crippen molar-refractivity contribution in [2.45, 2.75) is 19.4 Å². The van der Waals surface area contributed by atoms with Crippen molar-refractivity contribution in [3.05, 3.63) is 30.9 Å². The zero-order valence-electron chi connectivity index (χ0n) is 11.0. The van der Waals surface area contributed by atoms with Crippen LogP contribution in [0.2, 0.25) is 0 Å². The number of hydrogen-bond donors (Lipinski definition) is 2. The molecule has 0 saturated heterocycles. The van der Waals surface area contributed by atoms with Crippen molar-refractivity contribution >= 4 is 11.5 Å². The Hall–Kier alpha value is -2.24. The Morgan fingerprint density at radius 1 is 1.37 bits per heavy atom. The number of hydrogen-bond acceptors (Lipinski definition) is 5. The molecule has 3 N–H and O–H groups in total. The summed E-state index contributed by atoms with van der Waals surface area (Å²) in [5.41, 5.74) is 6.48. The van der Waals surface area contributed by atoms with E-state index in [9.17, 15) is 0 Å². The fourth-order valence-corrected chi connectivity index (χ4v) is 1.75. The molecule has 6 heteroatoms. The van der Waals surface area contributed by atoms with E-state index in [2.05, 4.69) is 19.9 Å². The number of ether oxygens (including phenoxy) is 1. The SMILES string of the molecule is COc1ccc(N)c(NCCCCn2ccnc2)n1. The molecule has 2 rings (SSSR count). The van der Waals surface area contributed by atoms with E-state index in [1.54, 1.807) is 25.4 Å². The summed E-state index contributed by atoms with van der Waals surface area (Å²) in [4.78, 5) is 8.27. The molecule has 0 radical (unpaired) electrons. The summed E-state index contributed by atoms with van der Waals surface area (Å²) in [6.45, 7) is 1.81. The van der Waals surface area contributed by atoms with Crippen LogP contribution in [-0.4, -0.2) is 28.2 Å². The van der Waals surface area contributed by atoms with Gasteiger partial charge in [0.1, 0.15) is 0 Å². The maximum absolute atomic E-state index is 5.84. The number of aromatic nitrogens is 3. The van der Waals surface area contributed by atoms with Gasteiger partial charge in [0.2, 0.25) is 5.88 Å². The van der Waals surface area contributed by atoms with Gasteiger partial charge in [0.25, 0.3) is 0 Å². The topological polar surface area (TPSA) is 78.0 Å². The highest BCUT2D eigenvalue weighted by molar-refractivity contribution is 5.61. The molecule has 0 aliphatic carbocycles. The van der Waals surface area contributed by atoms with Crippen molar-refractivity contribution in [3.8, 4) is 5.88 Å². The molecule has 6 nitrogen and oxygen atoms in total. The zero-order chi connectivity index (χ0) is 13.5. The maximum Gasteiger partial charge on any atom is 0.215 e.